The Morgan fingerprint density at radius 2 is 2.00 bits per heavy atom. The van der Waals surface area contributed by atoms with E-state index in [0.29, 0.717) is 22.4 Å². The van der Waals surface area contributed by atoms with Crippen molar-refractivity contribution in [3.05, 3.63) is 40.0 Å². The molecule has 1 aromatic heterocycles. The molecule has 0 atom stereocenters. The van der Waals surface area contributed by atoms with E-state index in [1.165, 1.54) is 11.8 Å². The Bertz CT molecular complexity index is 626. The van der Waals surface area contributed by atoms with Gasteiger partial charge in [0.05, 0.1) is 11.6 Å². The molecule has 7 heteroatoms. The van der Waals surface area contributed by atoms with Gasteiger partial charge in [-0.15, -0.1) is 11.8 Å². The second kappa shape index (κ2) is 8.13. The molecule has 0 aliphatic carbocycles. The van der Waals surface area contributed by atoms with Crippen LogP contribution in [0.25, 0.3) is 0 Å². The maximum atomic E-state index is 6.05. The van der Waals surface area contributed by atoms with Crippen LogP contribution in [0.15, 0.2) is 34.4 Å². The van der Waals surface area contributed by atoms with Crippen LogP contribution in [0.2, 0.25) is 10.0 Å². The van der Waals surface area contributed by atoms with Crippen molar-refractivity contribution in [1.29, 1.82) is 0 Å². The monoisotopic (exact) mass is 360 g/mol. The van der Waals surface area contributed by atoms with E-state index in [1.807, 2.05) is 19.2 Å². The minimum atomic E-state index is 0.523. The van der Waals surface area contributed by atoms with E-state index in [9.17, 15) is 0 Å². The predicted octanol–water partition coefficient (Wildman–Crippen LogP) is 4.98. The lowest BCUT2D eigenvalue weighted by Gasteiger charge is -2.08. The summed E-state index contributed by atoms with van der Waals surface area (Å²) in [5.41, 5.74) is 0.971. The summed E-state index contributed by atoms with van der Waals surface area (Å²) in [4.78, 5) is 8.77. The highest BCUT2D eigenvalue weighted by atomic mass is 35.5. The van der Waals surface area contributed by atoms with Crippen LogP contribution in [0.1, 0.15) is 5.69 Å². The number of ether oxygens (including phenoxy) is 1. The molecule has 0 bridgehead atoms. The number of nitrogens with zero attached hydrogens (tertiary/aromatic N) is 2. The zero-order chi connectivity index (χ0) is 15.2. The predicted molar refractivity (Wildman–Crippen MR) is 91.2 cm³/mol. The highest BCUT2D eigenvalue weighted by Gasteiger charge is 2.04. The first kappa shape index (κ1) is 16.7. The highest BCUT2D eigenvalue weighted by molar-refractivity contribution is 7.99. The van der Waals surface area contributed by atoms with Crippen LogP contribution in [0, 0.1) is 6.92 Å². The molecule has 2 aromatic rings. The van der Waals surface area contributed by atoms with Crippen LogP contribution in [0.5, 0.6) is 5.75 Å². The van der Waals surface area contributed by atoms with Crippen LogP contribution < -0.4 is 4.74 Å². The van der Waals surface area contributed by atoms with Gasteiger partial charge in [-0.05, 0) is 37.4 Å². The van der Waals surface area contributed by atoms with E-state index in [4.69, 9.17) is 27.9 Å². The van der Waals surface area contributed by atoms with Crippen LogP contribution in [-0.2, 0) is 0 Å². The Kier molecular flexibility index (Phi) is 6.48. The van der Waals surface area contributed by atoms with Crippen molar-refractivity contribution < 1.29 is 4.74 Å². The molecule has 0 aliphatic heterocycles. The highest BCUT2D eigenvalue weighted by Crippen LogP contribution is 2.28. The van der Waals surface area contributed by atoms with Gasteiger partial charge in [0.15, 0.2) is 5.16 Å². The summed E-state index contributed by atoms with van der Waals surface area (Å²) in [5, 5.41) is 2.87. The smallest absolute Gasteiger partial charge is 0.188 e. The molecule has 21 heavy (non-hydrogen) atoms. The fourth-order valence-corrected chi connectivity index (χ4v) is 3.30. The molecular weight excluding hydrogens is 347 g/mol. The summed E-state index contributed by atoms with van der Waals surface area (Å²) >= 11 is 15.1. The van der Waals surface area contributed by atoms with Gasteiger partial charge < -0.3 is 4.74 Å². The molecule has 0 unspecified atom stereocenters. The van der Waals surface area contributed by atoms with E-state index in [1.54, 1.807) is 30.0 Å². The second-order valence-electron chi connectivity index (χ2n) is 4.11. The topological polar surface area (TPSA) is 35.0 Å². The van der Waals surface area contributed by atoms with Crippen molar-refractivity contribution in [2.45, 2.75) is 17.1 Å². The average molecular weight is 361 g/mol. The second-order valence-corrected chi connectivity index (χ2v) is 6.84. The molecule has 3 nitrogen and oxygen atoms in total. The largest absolute Gasteiger partial charge is 0.491 e. The molecule has 0 saturated heterocycles. The van der Waals surface area contributed by atoms with Crippen molar-refractivity contribution >= 4 is 46.7 Å². The minimum Gasteiger partial charge on any atom is -0.491 e. The van der Waals surface area contributed by atoms with Gasteiger partial charge in [-0.2, -0.15) is 0 Å². The van der Waals surface area contributed by atoms with Gasteiger partial charge in [-0.3, -0.25) is 0 Å². The maximum absolute atomic E-state index is 6.05. The zero-order valence-corrected chi connectivity index (χ0v) is 14.7. The van der Waals surface area contributed by atoms with Crippen LogP contribution in [-0.4, -0.2) is 28.6 Å². The first-order chi connectivity index (χ1) is 10.1. The Hall–Kier alpha value is -0.620. The van der Waals surface area contributed by atoms with Crippen molar-refractivity contribution in [3.63, 3.8) is 0 Å². The average Bonchev–Trinajstić information content (AvgIpc) is 2.44. The number of aryl methyl sites for hydroxylation is 1. The summed E-state index contributed by atoms with van der Waals surface area (Å²) < 4.78 is 5.64. The molecule has 0 amide bonds. The number of rotatable bonds is 6. The Labute approximate surface area is 142 Å². The van der Waals surface area contributed by atoms with Gasteiger partial charge in [-0.1, -0.05) is 35.0 Å². The van der Waals surface area contributed by atoms with E-state index in [0.717, 1.165) is 21.6 Å². The third-order valence-corrected chi connectivity index (χ3v) is 4.43. The summed E-state index contributed by atoms with van der Waals surface area (Å²) in [6, 6.07) is 7.17. The van der Waals surface area contributed by atoms with E-state index >= 15 is 0 Å². The molecule has 0 spiro atoms. The first-order valence-corrected chi connectivity index (χ1v) is 9.15. The SMILES string of the molecule is CSc1nc(C)cc(SCCOc2ccc(Cl)cc2Cl)n1. The minimum absolute atomic E-state index is 0.523. The normalized spacial score (nSPS) is 10.7. The fraction of sp³-hybridized carbons (Fsp3) is 0.286. The van der Waals surface area contributed by atoms with Gasteiger partial charge in [0, 0.05) is 16.5 Å². The van der Waals surface area contributed by atoms with Gasteiger partial charge in [0.1, 0.15) is 10.8 Å². The molecule has 0 N–H and O–H groups in total. The van der Waals surface area contributed by atoms with Crippen LogP contribution >= 0.6 is 46.7 Å². The van der Waals surface area contributed by atoms with Crippen molar-refractivity contribution in [1.82, 2.24) is 9.97 Å². The van der Waals surface area contributed by atoms with Crippen molar-refractivity contribution in [2.24, 2.45) is 0 Å². The quantitative estimate of drug-likeness (QED) is 0.314. The summed E-state index contributed by atoms with van der Waals surface area (Å²) in [7, 11) is 0. The molecule has 0 aliphatic rings. The molecule has 0 fully saturated rings. The lowest BCUT2D eigenvalue weighted by atomic mass is 10.3. The number of hydrogen-bond acceptors (Lipinski definition) is 5. The number of aromatic nitrogens is 2. The van der Waals surface area contributed by atoms with Gasteiger partial charge >= 0.3 is 0 Å². The maximum Gasteiger partial charge on any atom is 0.188 e. The van der Waals surface area contributed by atoms with E-state index in [-0.39, 0.29) is 0 Å². The molecule has 0 saturated carbocycles. The number of benzene rings is 1. The van der Waals surface area contributed by atoms with E-state index in [2.05, 4.69) is 9.97 Å². The Morgan fingerprint density at radius 3 is 2.71 bits per heavy atom. The van der Waals surface area contributed by atoms with Crippen LogP contribution in [0.4, 0.5) is 0 Å². The molecule has 2 rings (SSSR count). The van der Waals surface area contributed by atoms with Gasteiger partial charge in [0.2, 0.25) is 0 Å². The Morgan fingerprint density at radius 1 is 1.19 bits per heavy atom. The lowest BCUT2D eigenvalue weighted by molar-refractivity contribution is 0.344. The molecule has 112 valence electrons. The first-order valence-electron chi connectivity index (χ1n) is 6.19. The zero-order valence-electron chi connectivity index (χ0n) is 11.6. The molecule has 1 aromatic carbocycles. The van der Waals surface area contributed by atoms with Gasteiger partial charge in [0.25, 0.3) is 0 Å². The third-order valence-electron chi connectivity index (χ3n) is 2.48. The number of hydrogen-bond donors (Lipinski definition) is 0. The summed E-state index contributed by atoms with van der Waals surface area (Å²) in [6.07, 6.45) is 1.97. The van der Waals surface area contributed by atoms with Crippen LogP contribution in [0.3, 0.4) is 0 Å². The van der Waals surface area contributed by atoms with Crippen molar-refractivity contribution in [2.75, 3.05) is 18.6 Å². The molecular formula is C14H14Cl2N2OS2. The standard InChI is InChI=1S/C14H14Cl2N2OS2/c1-9-7-13(18-14(17-9)20-2)21-6-5-19-12-4-3-10(15)8-11(12)16/h3-4,7-8H,5-6H2,1-2H3. The number of thioether (sulfide) groups is 2. The lowest BCUT2D eigenvalue weighted by Crippen LogP contribution is -2.01. The number of halogens is 2. The molecule has 1 heterocycles. The fourth-order valence-electron chi connectivity index (χ4n) is 1.57. The van der Waals surface area contributed by atoms with E-state index < -0.39 is 0 Å². The Balaban J connectivity index is 1.86. The summed E-state index contributed by atoms with van der Waals surface area (Å²) in [6.45, 7) is 2.51. The van der Waals surface area contributed by atoms with Crippen molar-refractivity contribution in [3.8, 4) is 5.75 Å². The summed E-state index contributed by atoms with van der Waals surface area (Å²) in [5.74, 6) is 1.42. The van der Waals surface area contributed by atoms with Gasteiger partial charge in [-0.25, -0.2) is 9.97 Å². The molecule has 0 radical (unpaired) electrons. The third kappa shape index (κ3) is 5.25.